The molecule has 0 heterocycles. The van der Waals surface area contributed by atoms with E-state index in [1.807, 2.05) is 18.2 Å². The summed E-state index contributed by atoms with van der Waals surface area (Å²) in [6, 6.07) is 5.71. The molecule has 1 N–H and O–H groups in total. The van der Waals surface area contributed by atoms with Crippen molar-refractivity contribution in [3.8, 4) is 11.5 Å². The van der Waals surface area contributed by atoms with E-state index in [4.69, 9.17) is 9.47 Å². The van der Waals surface area contributed by atoms with E-state index in [0.29, 0.717) is 23.3 Å². The van der Waals surface area contributed by atoms with Crippen molar-refractivity contribution in [2.24, 2.45) is 11.8 Å². The number of rotatable bonds is 7. The van der Waals surface area contributed by atoms with Gasteiger partial charge >= 0.3 is 0 Å². The molecule has 0 aliphatic heterocycles. The quantitative estimate of drug-likeness (QED) is 0.784. The summed E-state index contributed by atoms with van der Waals surface area (Å²) in [5, 5.41) is 3.06. The van der Waals surface area contributed by atoms with Gasteiger partial charge < -0.3 is 14.8 Å². The Morgan fingerprint density at radius 3 is 2.14 bits per heavy atom. The third kappa shape index (κ3) is 5.10. The number of nitrogens with one attached hydrogen (secondary N) is 1. The summed E-state index contributed by atoms with van der Waals surface area (Å²) in [4.78, 5) is 12.1. The average molecular weight is 305 g/mol. The fourth-order valence-electron chi connectivity index (χ4n) is 2.44. The van der Waals surface area contributed by atoms with Gasteiger partial charge in [0.25, 0.3) is 0 Å². The fourth-order valence-corrected chi connectivity index (χ4v) is 2.44. The number of methoxy groups -OCH3 is 2. The van der Waals surface area contributed by atoms with Crippen LogP contribution in [0.5, 0.6) is 11.5 Å². The molecule has 0 fully saturated rings. The van der Waals surface area contributed by atoms with Crippen LogP contribution in [-0.4, -0.2) is 26.2 Å². The van der Waals surface area contributed by atoms with Gasteiger partial charge in [0.1, 0.15) is 0 Å². The zero-order valence-corrected chi connectivity index (χ0v) is 14.3. The topological polar surface area (TPSA) is 47.6 Å². The molecule has 1 aromatic rings. The normalized spacial score (nSPS) is 11.5. The van der Waals surface area contributed by atoms with Crippen LogP contribution in [0.2, 0.25) is 0 Å². The van der Waals surface area contributed by atoms with Crippen LogP contribution in [0.25, 0.3) is 6.08 Å². The molecule has 4 heteroatoms. The molecule has 0 saturated carbocycles. The lowest BCUT2D eigenvalue weighted by molar-refractivity contribution is -0.117. The molecule has 1 aromatic carbocycles. The summed E-state index contributed by atoms with van der Waals surface area (Å²) in [6.07, 6.45) is 3.33. The Bertz CT molecular complexity index is 513. The molecule has 122 valence electrons. The molecule has 0 aromatic heterocycles. The van der Waals surface area contributed by atoms with Crippen LogP contribution in [0.4, 0.5) is 0 Å². The van der Waals surface area contributed by atoms with Crippen LogP contribution >= 0.6 is 0 Å². The van der Waals surface area contributed by atoms with Gasteiger partial charge in [0.2, 0.25) is 5.91 Å². The van der Waals surface area contributed by atoms with Crippen LogP contribution in [0.3, 0.4) is 0 Å². The maximum absolute atomic E-state index is 12.1. The third-order valence-electron chi connectivity index (χ3n) is 3.58. The van der Waals surface area contributed by atoms with E-state index in [9.17, 15) is 4.79 Å². The Balaban J connectivity index is 2.77. The fraction of sp³-hybridized carbons (Fsp3) is 0.500. The molecular formula is C18H27NO3. The van der Waals surface area contributed by atoms with Gasteiger partial charge in [0.05, 0.1) is 14.2 Å². The first-order chi connectivity index (χ1) is 10.4. The first-order valence-electron chi connectivity index (χ1n) is 7.59. The second-order valence-corrected chi connectivity index (χ2v) is 5.97. The smallest absolute Gasteiger partial charge is 0.244 e. The summed E-state index contributed by atoms with van der Waals surface area (Å²) in [6.45, 7) is 8.46. The molecular weight excluding hydrogens is 278 g/mol. The minimum atomic E-state index is -0.0813. The molecule has 1 rings (SSSR count). The zero-order valence-electron chi connectivity index (χ0n) is 14.3. The van der Waals surface area contributed by atoms with Gasteiger partial charge in [-0.1, -0.05) is 33.8 Å². The average Bonchev–Trinajstić information content (AvgIpc) is 2.49. The Labute approximate surface area is 133 Å². The lowest BCUT2D eigenvalue weighted by Gasteiger charge is -2.25. The number of carbonyl (C=O) groups is 1. The predicted octanol–water partition coefficient (Wildman–Crippen LogP) is 3.51. The Hall–Kier alpha value is -1.97. The number of carbonyl (C=O) groups excluding carboxylic acids is 1. The lowest BCUT2D eigenvalue weighted by Crippen LogP contribution is -2.41. The van der Waals surface area contributed by atoms with Crippen molar-refractivity contribution in [3.05, 3.63) is 29.8 Å². The molecule has 0 bridgehead atoms. The van der Waals surface area contributed by atoms with Gasteiger partial charge in [-0.15, -0.1) is 0 Å². The molecule has 0 atom stereocenters. The van der Waals surface area contributed by atoms with Gasteiger partial charge in [-0.3, -0.25) is 4.79 Å². The molecule has 0 spiro atoms. The van der Waals surface area contributed by atoms with E-state index in [0.717, 1.165) is 5.56 Å². The van der Waals surface area contributed by atoms with Crippen LogP contribution in [0, 0.1) is 11.8 Å². The monoisotopic (exact) mass is 305 g/mol. The van der Waals surface area contributed by atoms with Crippen molar-refractivity contribution >= 4 is 12.0 Å². The SMILES string of the molecule is COc1ccc(C=CC(=O)NC(C(C)C)C(C)C)cc1OC. The second kappa shape index (κ2) is 8.47. The highest BCUT2D eigenvalue weighted by molar-refractivity contribution is 5.92. The maximum Gasteiger partial charge on any atom is 0.244 e. The molecule has 0 unspecified atom stereocenters. The third-order valence-corrected chi connectivity index (χ3v) is 3.58. The van der Waals surface area contributed by atoms with E-state index in [2.05, 4.69) is 33.0 Å². The van der Waals surface area contributed by atoms with Crippen LogP contribution < -0.4 is 14.8 Å². The number of benzene rings is 1. The Kier molecular flexibility index (Phi) is 6.96. The molecule has 0 saturated heterocycles. The molecule has 0 aliphatic carbocycles. The van der Waals surface area contributed by atoms with E-state index >= 15 is 0 Å². The Morgan fingerprint density at radius 1 is 1.05 bits per heavy atom. The highest BCUT2D eigenvalue weighted by Gasteiger charge is 2.18. The van der Waals surface area contributed by atoms with Gasteiger partial charge in [-0.2, -0.15) is 0 Å². The summed E-state index contributed by atoms with van der Waals surface area (Å²) in [5.74, 6) is 2.04. The zero-order chi connectivity index (χ0) is 16.7. The van der Waals surface area contributed by atoms with Crippen molar-refractivity contribution in [2.75, 3.05) is 14.2 Å². The van der Waals surface area contributed by atoms with Crippen molar-refractivity contribution in [2.45, 2.75) is 33.7 Å². The van der Waals surface area contributed by atoms with Crippen LogP contribution in [0.1, 0.15) is 33.3 Å². The van der Waals surface area contributed by atoms with E-state index < -0.39 is 0 Å². The molecule has 0 aliphatic rings. The first kappa shape index (κ1) is 18.1. The number of hydrogen-bond acceptors (Lipinski definition) is 3. The largest absolute Gasteiger partial charge is 0.493 e. The number of hydrogen-bond donors (Lipinski definition) is 1. The van der Waals surface area contributed by atoms with Gasteiger partial charge in [0, 0.05) is 12.1 Å². The molecule has 1 amide bonds. The summed E-state index contributed by atoms with van der Waals surface area (Å²) in [5.41, 5.74) is 0.887. The summed E-state index contributed by atoms with van der Waals surface area (Å²) in [7, 11) is 3.19. The summed E-state index contributed by atoms with van der Waals surface area (Å²) < 4.78 is 10.4. The molecule has 22 heavy (non-hydrogen) atoms. The number of amides is 1. The van der Waals surface area contributed by atoms with Crippen molar-refractivity contribution in [1.29, 1.82) is 0 Å². The molecule has 0 radical (unpaired) electrons. The van der Waals surface area contributed by atoms with Gasteiger partial charge in [-0.25, -0.2) is 0 Å². The van der Waals surface area contributed by atoms with E-state index in [1.54, 1.807) is 26.4 Å². The number of ether oxygens (including phenoxy) is 2. The molecule has 4 nitrogen and oxygen atoms in total. The summed E-state index contributed by atoms with van der Waals surface area (Å²) >= 11 is 0. The Morgan fingerprint density at radius 2 is 1.64 bits per heavy atom. The van der Waals surface area contributed by atoms with E-state index in [-0.39, 0.29) is 11.9 Å². The standard InChI is InChI=1S/C18H27NO3/c1-12(2)18(13(3)4)19-17(20)10-8-14-7-9-15(21-5)16(11-14)22-6/h7-13,18H,1-6H3,(H,19,20). The van der Waals surface area contributed by atoms with Crippen LogP contribution in [0.15, 0.2) is 24.3 Å². The highest BCUT2D eigenvalue weighted by atomic mass is 16.5. The lowest BCUT2D eigenvalue weighted by atomic mass is 9.93. The highest BCUT2D eigenvalue weighted by Crippen LogP contribution is 2.27. The van der Waals surface area contributed by atoms with Gasteiger partial charge in [0.15, 0.2) is 11.5 Å². The van der Waals surface area contributed by atoms with Crippen LogP contribution in [-0.2, 0) is 4.79 Å². The van der Waals surface area contributed by atoms with Crippen molar-refractivity contribution in [1.82, 2.24) is 5.32 Å². The van der Waals surface area contributed by atoms with Crippen molar-refractivity contribution in [3.63, 3.8) is 0 Å². The predicted molar refractivity (Wildman–Crippen MR) is 90.2 cm³/mol. The minimum absolute atomic E-state index is 0.0813. The van der Waals surface area contributed by atoms with E-state index in [1.165, 1.54) is 0 Å². The maximum atomic E-state index is 12.1. The van der Waals surface area contributed by atoms with Crippen molar-refractivity contribution < 1.29 is 14.3 Å². The second-order valence-electron chi connectivity index (χ2n) is 5.97. The minimum Gasteiger partial charge on any atom is -0.493 e. The van der Waals surface area contributed by atoms with Gasteiger partial charge in [-0.05, 0) is 35.6 Å². The first-order valence-corrected chi connectivity index (χ1v) is 7.59.